The molecule has 0 bridgehead atoms. The van der Waals surface area contributed by atoms with E-state index in [-0.39, 0.29) is 18.2 Å². The minimum Gasteiger partial charge on any atom is -0.322 e. The summed E-state index contributed by atoms with van der Waals surface area (Å²) in [6.45, 7) is 5.15. The molecule has 0 atom stereocenters. The van der Waals surface area contributed by atoms with Crippen LogP contribution in [-0.4, -0.2) is 32.9 Å². The predicted octanol–water partition coefficient (Wildman–Crippen LogP) is 3.09. The van der Waals surface area contributed by atoms with Gasteiger partial charge in [0.2, 0.25) is 10.0 Å². The highest BCUT2D eigenvalue weighted by Gasteiger charge is 2.16. The molecule has 0 aliphatic carbocycles. The van der Waals surface area contributed by atoms with Crippen LogP contribution in [0.5, 0.6) is 0 Å². The number of hydrogen-bond donors (Lipinski definition) is 1. The molecule has 0 aromatic heterocycles. The normalized spacial score (nSPS) is 10.8. The fourth-order valence-electron chi connectivity index (χ4n) is 2.35. The first kappa shape index (κ1) is 19.4. The molecule has 1 amide bonds. The molecule has 0 spiro atoms. The molecule has 0 unspecified atom stereocenters. The van der Waals surface area contributed by atoms with E-state index in [1.807, 2.05) is 0 Å². The molecule has 136 valence electrons. The molecule has 26 heavy (non-hydrogen) atoms. The first-order valence-corrected chi connectivity index (χ1v) is 9.68. The Hall–Kier alpha value is -2.93. The van der Waals surface area contributed by atoms with Crippen LogP contribution >= 0.6 is 0 Å². The molecule has 2 aromatic carbocycles. The summed E-state index contributed by atoms with van der Waals surface area (Å²) in [5.74, 6) is -0.444. The van der Waals surface area contributed by atoms with E-state index in [0.717, 1.165) is 6.26 Å². The molecule has 0 radical (unpaired) electrons. The van der Waals surface area contributed by atoms with Crippen molar-refractivity contribution in [2.45, 2.75) is 6.92 Å². The van der Waals surface area contributed by atoms with Gasteiger partial charge in [-0.3, -0.25) is 13.9 Å². The average molecular weight is 372 g/mol. The molecule has 0 saturated heterocycles. The van der Waals surface area contributed by atoms with Crippen molar-refractivity contribution in [2.24, 2.45) is 0 Å². The number of carbonyl (C=O) groups is 2. The van der Waals surface area contributed by atoms with E-state index in [1.54, 1.807) is 48.5 Å². The molecular formula is C19H20N2O4S. The van der Waals surface area contributed by atoms with Gasteiger partial charge in [-0.1, -0.05) is 18.2 Å². The number of ketones is 1. The van der Waals surface area contributed by atoms with Crippen molar-refractivity contribution in [3.63, 3.8) is 0 Å². The highest BCUT2D eigenvalue weighted by atomic mass is 32.2. The third-order valence-electron chi connectivity index (χ3n) is 3.64. The maximum atomic E-state index is 12.4. The maximum Gasteiger partial charge on any atom is 0.255 e. The Morgan fingerprint density at radius 1 is 1.12 bits per heavy atom. The number of carbonyl (C=O) groups excluding carboxylic acids is 2. The van der Waals surface area contributed by atoms with Crippen molar-refractivity contribution in [1.82, 2.24) is 0 Å². The molecule has 0 saturated carbocycles. The SMILES string of the molecule is C=CCN(c1ccc(C(=O)Nc2cccc(C(C)=O)c2)cc1)S(C)(=O)=O. The van der Waals surface area contributed by atoms with Crippen molar-refractivity contribution in [3.8, 4) is 0 Å². The first-order chi connectivity index (χ1) is 12.2. The van der Waals surface area contributed by atoms with E-state index in [1.165, 1.54) is 17.3 Å². The number of anilines is 2. The molecule has 0 fully saturated rings. The smallest absolute Gasteiger partial charge is 0.255 e. The summed E-state index contributed by atoms with van der Waals surface area (Å²) in [6, 6.07) is 12.9. The van der Waals surface area contributed by atoms with Gasteiger partial charge < -0.3 is 5.32 Å². The Kier molecular flexibility index (Phi) is 5.94. The van der Waals surface area contributed by atoms with Crippen LogP contribution in [-0.2, 0) is 10.0 Å². The van der Waals surface area contributed by atoms with Crippen LogP contribution in [0.4, 0.5) is 11.4 Å². The summed E-state index contributed by atoms with van der Waals surface area (Å²) < 4.78 is 24.9. The van der Waals surface area contributed by atoms with Crippen LogP contribution in [0.1, 0.15) is 27.6 Å². The second-order valence-electron chi connectivity index (χ2n) is 5.72. The summed E-state index contributed by atoms with van der Waals surface area (Å²) in [7, 11) is -3.45. The van der Waals surface area contributed by atoms with Gasteiger partial charge in [-0.05, 0) is 43.3 Å². The summed E-state index contributed by atoms with van der Waals surface area (Å²) >= 11 is 0. The Balaban J connectivity index is 2.19. The van der Waals surface area contributed by atoms with Crippen LogP contribution in [0.15, 0.2) is 61.2 Å². The van der Waals surface area contributed by atoms with Gasteiger partial charge in [0, 0.05) is 16.8 Å². The van der Waals surface area contributed by atoms with Crippen molar-refractivity contribution in [1.29, 1.82) is 0 Å². The van der Waals surface area contributed by atoms with E-state index in [4.69, 9.17) is 0 Å². The van der Waals surface area contributed by atoms with Gasteiger partial charge in [0.05, 0.1) is 18.5 Å². The molecular weight excluding hydrogens is 352 g/mol. The van der Waals surface area contributed by atoms with Crippen LogP contribution in [0, 0.1) is 0 Å². The lowest BCUT2D eigenvalue weighted by Crippen LogP contribution is -2.29. The van der Waals surface area contributed by atoms with Crippen LogP contribution < -0.4 is 9.62 Å². The van der Waals surface area contributed by atoms with Crippen molar-refractivity contribution < 1.29 is 18.0 Å². The van der Waals surface area contributed by atoms with Gasteiger partial charge in [0.1, 0.15) is 0 Å². The lowest BCUT2D eigenvalue weighted by Gasteiger charge is -2.20. The minimum atomic E-state index is -3.45. The largest absolute Gasteiger partial charge is 0.322 e. The molecule has 2 rings (SSSR count). The van der Waals surface area contributed by atoms with Gasteiger partial charge >= 0.3 is 0 Å². The van der Waals surface area contributed by atoms with Crippen LogP contribution in [0.3, 0.4) is 0 Å². The van der Waals surface area contributed by atoms with E-state index in [0.29, 0.717) is 22.5 Å². The lowest BCUT2D eigenvalue weighted by molar-refractivity contribution is 0.101. The summed E-state index contributed by atoms with van der Waals surface area (Å²) in [4.78, 5) is 23.8. The standard InChI is InChI=1S/C19H20N2O4S/c1-4-12-21(26(3,24)25)18-10-8-15(9-11-18)19(23)20-17-7-5-6-16(13-17)14(2)22/h4-11,13H,1,12H2,2-3H3,(H,20,23). The number of rotatable bonds is 7. The van der Waals surface area contributed by atoms with Crippen molar-refractivity contribution in [3.05, 3.63) is 72.3 Å². The van der Waals surface area contributed by atoms with E-state index in [2.05, 4.69) is 11.9 Å². The molecule has 0 heterocycles. The zero-order valence-electron chi connectivity index (χ0n) is 14.6. The fraction of sp³-hybridized carbons (Fsp3) is 0.158. The Labute approximate surface area is 153 Å². The lowest BCUT2D eigenvalue weighted by atomic mass is 10.1. The fourth-order valence-corrected chi connectivity index (χ4v) is 3.23. The molecule has 2 aromatic rings. The zero-order chi connectivity index (χ0) is 19.3. The number of nitrogens with zero attached hydrogens (tertiary/aromatic N) is 1. The monoisotopic (exact) mass is 372 g/mol. The topological polar surface area (TPSA) is 83.6 Å². The number of benzene rings is 2. The van der Waals surface area contributed by atoms with Gasteiger partial charge in [-0.15, -0.1) is 6.58 Å². The number of hydrogen-bond acceptors (Lipinski definition) is 4. The quantitative estimate of drug-likeness (QED) is 0.598. The average Bonchev–Trinajstić information content (AvgIpc) is 2.59. The summed E-state index contributed by atoms with van der Waals surface area (Å²) in [6.07, 6.45) is 2.60. The van der Waals surface area contributed by atoms with Gasteiger partial charge in [0.25, 0.3) is 5.91 Å². The number of Topliss-reactive ketones (excluding diaryl/α,β-unsaturated/α-hetero) is 1. The van der Waals surface area contributed by atoms with Crippen molar-refractivity contribution in [2.75, 3.05) is 22.4 Å². The molecule has 7 heteroatoms. The zero-order valence-corrected chi connectivity index (χ0v) is 15.4. The van der Waals surface area contributed by atoms with E-state index in [9.17, 15) is 18.0 Å². The van der Waals surface area contributed by atoms with Crippen LogP contribution in [0.25, 0.3) is 0 Å². The highest BCUT2D eigenvalue weighted by molar-refractivity contribution is 7.92. The van der Waals surface area contributed by atoms with Crippen LogP contribution in [0.2, 0.25) is 0 Å². The number of amides is 1. The Morgan fingerprint density at radius 3 is 2.31 bits per heavy atom. The third-order valence-corrected chi connectivity index (χ3v) is 4.80. The third kappa shape index (κ3) is 4.80. The second kappa shape index (κ2) is 7.97. The first-order valence-electron chi connectivity index (χ1n) is 7.83. The van der Waals surface area contributed by atoms with Gasteiger partial charge in [-0.25, -0.2) is 8.42 Å². The minimum absolute atomic E-state index is 0.0893. The van der Waals surface area contributed by atoms with E-state index < -0.39 is 10.0 Å². The Morgan fingerprint density at radius 2 is 1.77 bits per heavy atom. The number of sulfonamides is 1. The summed E-state index contributed by atoms with van der Waals surface area (Å²) in [5, 5.41) is 2.72. The number of nitrogens with one attached hydrogen (secondary N) is 1. The van der Waals surface area contributed by atoms with Crippen molar-refractivity contribution >= 4 is 33.1 Å². The van der Waals surface area contributed by atoms with Gasteiger partial charge in [0.15, 0.2) is 5.78 Å². The molecule has 0 aliphatic heterocycles. The summed E-state index contributed by atoms with van der Waals surface area (Å²) in [5.41, 5.74) is 1.83. The van der Waals surface area contributed by atoms with Gasteiger partial charge in [-0.2, -0.15) is 0 Å². The highest BCUT2D eigenvalue weighted by Crippen LogP contribution is 2.19. The maximum absolute atomic E-state index is 12.4. The Bertz CT molecular complexity index is 934. The second-order valence-corrected chi connectivity index (χ2v) is 7.63. The molecule has 6 nitrogen and oxygen atoms in total. The molecule has 0 aliphatic rings. The predicted molar refractivity (Wildman–Crippen MR) is 103 cm³/mol. The van der Waals surface area contributed by atoms with E-state index >= 15 is 0 Å². The molecule has 1 N–H and O–H groups in total.